The van der Waals surface area contributed by atoms with Crippen LogP contribution in [0.5, 0.6) is 5.75 Å². The number of hydrogen-bond acceptors (Lipinski definition) is 2. The van der Waals surface area contributed by atoms with Crippen molar-refractivity contribution in [3.8, 4) is 5.75 Å². The van der Waals surface area contributed by atoms with Crippen molar-refractivity contribution in [3.05, 3.63) is 28.8 Å². The Morgan fingerprint density at radius 3 is 2.88 bits per heavy atom. The highest BCUT2D eigenvalue weighted by Crippen LogP contribution is 2.25. The number of thiol groups is 1. The van der Waals surface area contributed by atoms with Crippen molar-refractivity contribution in [2.24, 2.45) is 0 Å². The third kappa shape index (κ3) is 4.33. The number of amides is 1. The Balaban J connectivity index is 2.55. The molecule has 0 aliphatic rings. The molecule has 0 radical (unpaired) electrons. The molecule has 0 spiro atoms. The van der Waals surface area contributed by atoms with Crippen molar-refractivity contribution in [1.29, 1.82) is 0 Å². The van der Waals surface area contributed by atoms with Crippen molar-refractivity contribution < 1.29 is 9.53 Å². The minimum Gasteiger partial charge on any atom is -0.492 e. The topological polar surface area (TPSA) is 38.3 Å². The van der Waals surface area contributed by atoms with E-state index < -0.39 is 0 Å². The molecular weight excluding hydrogens is 246 g/mol. The van der Waals surface area contributed by atoms with Gasteiger partial charge in [-0.3, -0.25) is 4.79 Å². The fraction of sp³-hybridized carbons (Fsp3) is 0.364. The standard InChI is InChI=1S/C11H14ClNO2S/c1-2-15-10-4-3-8(7-9(10)12)5-6-13-11(14)16/h3-4,7H,2,5-6H2,1H3,(H2,13,14,16). The number of nitrogens with one attached hydrogen (secondary N) is 1. The fourth-order valence-electron chi connectivity index (χ4n) is 1.29. The Morgan fingerprint density at radius 1 is 1.56 bits per heavy atom. The number of carbonyl (C=O) groups is 1. The smallest absolute Gasteiger partial charge is 0.275 e. The number of benzene rings is 1. The van der Waals surface area contributed by atoms with Crippen molar-refractivity contribution in [1.82, 2.24) is 5.32 Å². The molecule has 0 saturated carbocycles. The second-order valence-electron chi connectivity index (χ2n) is 3.18. The molecule has 0 bridgehead atoms. The summed E-state index contributed by atoms with van der Waals surface area (Å²) < 4.78 is 5.32. The number of carbonyl (C=O) groups excluding carboxylic acids is 1. The average Bonchev–Trinajstić information content (AvgIpc) is 2.21. The molecule has 88 valence electrons. The van der Waals surface area contributed by atoms with Gasteiger partial charge in [0.05, 0.1) is 11.6 Å². The zero-order valence-corrected chi connectivity index (χ0v) is 10.6. The highest BCUT2D eigenvalue weighted by Gasteiger charge is 2.02. The Morgan fingerprint density at radius 2 is 2.31 bits per heavy atom. The Kier molecular flexibility index (Phi) is 5.49. The predicted octanol–water partition coefficient (Wildman–Crippen LogP) is 2.92. The van der Waals surface area contributed by atoms with Crippen LogP contribution in [0.25, 0.3) is 0 Å². The first kappa shape index (κ1) is 13.2. The number of hydrogen-bond donors (Lipinski definition) is 2. The molecule has 0 heterocycles. The minimum absolute atomic E-state index is 0.322. The first-order valence-corrected chi connectivity index (χ1v) is 5.84. The van der Waals surface area contributed by atoms with Crippen LogP contribution in [-0.4, -0.2) is 18.4 Å². The maximum Gasteiger partial charge on any atom is 0.275 e. The van der Waals surface area contributed by atoms with E-state index in [9.17, 15) is 4.79 Å². The monoisotopic (exact) mass is 259 g/mol. The molecule has 1 aromatic carbocycles. The van der Waals surface area contributed by atoms with E-state index in [1.54, 1.807) is 0 Å². The van der Waals surface area contributed by atoms with Gasteiger partial charge in [-0.05, 0) is 31.0 Å². The van der Waals surface area contributed by atoms with Gasteiger partial charge >= 0.3 is 0 Å². The summed E-state index contributed by atoms with van der Waals surface area (Å²) in [6, 6.07) is 5.61. The quantitative estimate of drug-likeness (QED) is 0.798. The lowest BCUT2D eigenvalue weighted by atomic mass is 10.1. The molecule has 0 atom stereocenters. The summed E-state index contributed by atoms with van der Waals surface area (Å²) in [5, 5.41) is 2.88. The van der Waals surface area contributed by atoms with Gasteiger partial charge in [0, 0.05) is 6.54 Å². The van der Waals surface area contributed by atoms with Crippen LogP contribution in [0.1, 0.15) is 12.5 Å². The van der Waals surface area contributed by atoms with Gasteiger partial charge in [-0.25, -0.2) is 0 Å². The summed E-state index contributed by atoms with van der Waals surface area (Å²) in [7, 11) is 0. The van der Waals surface area contributed by atoms with Crippen molar-refractivity contribution in [2.45, 2.75) is 13.3 Å². The van der Waals surface area contributed by atoms with Gasteiger partial charge in [-0.1, -0.05) is 30.3 Å². The molecule has 5 heteroatoms. The van der Waals surface area contributed by atoms with E-state index in [-0.39, 0.29) is 5.24 Å². The highest BCUT2D eigenvalue weighted by atomic mass is 35.5. The molecule has 0 aliphatic carbocycles. The molecule has 0 fully saturated rings. The van der Waals surface area contributed by atoms with E-state index in [2.05, 4.69) is 17.9 Å². The minimum atomic E-state index is -0.322. The van der Waals surface area contributed by atoms with E-state index in [0.717, 1.165) is 12.0 Å². The SMILES string of the molecule is CCOc1ccc(CCNC(=O)S)cc1Cl. The van der Waals surface area contributed by atoms with Crippen LogP contribution in [0.3, 0.4) is 0 Å². The van der Waals surface area contributed by atoms with Crippen molar-refractivity contribution in [2.75, 3.05) is 13.2 Å². The maximum atomic E-state index is 10.5. The Labute approximate surface area is 106 Å². The predicted molar refractivity (Wildman–Crippen MR) is 68.7 cm³/mol. The summed E-state index contributed by atoms with van der Waals surface area (Å²) in [6.07, 6.45) is 0.721. The lowest BCUT2D eigenvalue weighted by Crippen LogP contribution is -2.19. The number of ether oxygens (including phenoxy) is 1. The molecule has 0 aromatic heterocycles. The van der Waals surface area contributed by atoms with E-state index in [1.165, 1.54) is 0 Å². The van der Waals surface area contributed by atoms with Gasteiger partial charge in [0.2, 0.25) is 0 Å². The van der Waals surface area contributed by atoms with Gasteiger partial charge in [-0.15, -0.1) is 0 Å². The van der Waals surface area contributed by atoms with Crippen molar-refractivity contribution in [3.63, 3.8) is 0 Å². The fourth-order valence-corrected chi connectivity index (χ4v) is 1.66. The summed E-state index contributed by atoms with van der Waals surface area (Å²) >= 11 is 9.64. The normalized spacial score (nSPS) is 9.94. The second kappa shape index (κ2) is 6.66. The van der Waals surface area contributed by atoms with Crippen LogP contribution < -0.4 is 10.1 Å². The average molecular weight is 260 g/mol. The number of rotatable bonds is 5. The van der Waals surface area contributed by atoms with Gasteiger partial charge in [0.25, 0.3) is 5.24 Å². The van der Waals surface area contributed by atoms with Crippen LogP contribution in [0.4, 0.5) is 4.79 Å². The van der Waals surface area contributed by atoms with Crippen LogP contribution >= 0.6 is 24.2 Å². The van der Waals surface area contributed by atoms with Gasteiger partial charge in [0.15, 0.2) is 0 Å². The van der Waals surface area contributed by atoms with Gasteiger partial charge in [-0.2, -0.15) is 0 Å². The molecule has 0 unspecified atom stereocenters. The molecule has 0 saturated heterocycles. The zero-order valence-electron chi connectivity index (χ0n) is 9.00. The zero-order chi connectivity index (χ0) is 12.0. The van der Waals surface area contributed by atoms with E-state index in [0.29, 0.717) is 23.9 Å². The van der Waals surface area contributed by atoms with E-state index >= 15 is 0 Å². The molecule has 1 amide bonds. The summed E-state index contributed by atoms with van der Waals surface area (Å²) in [4.78, 5) is 10.5. The first-order valence-electron chi connectivity index (χ1n) is 5.01. The van der Waals surface area contributed by atoms with Gasteiger partial charge < -0.3 is 10.1 Å². The molecule has 3 nitrogen and oxygen atoms in total. The summed E-state index contributed by atoms with van der Waals surface area (Å²) in [5.41, 5.74) is 1.05. The van der Waals surface area contributed by atoms with Crippen LogP contribution in [0.15, 0.2) is 18.2 Å². The largest absolute Gasteiger partial charge is 0.492 e. The van der Waals surface area contributed by atoms with E-state index in [1.807, 2.05) is 25.1 Å². The molecular formula is C11H14ClNO2S. The Bertz CT molecular complexity index is 371. The molecule has 16 heavy (non-hydrogen) atoms. The second-order valence-corrected chi connectivity index (χ2v) is 3.99. The Hall–Kier alpha value is -0.870. The molecule has 0 aliphatic heterocycles. The lowest BCUT2D eigenvalue weighted by molar-refractivity contribution is 0.261. The summed E-state index contributed by atoms with van der Waals surface area (Å²) in [6.45, 7) is 3.05. The molecule has 1 rings (SSSR count). The van der Waals surface area contributed by atoms with Gasteiger partial charge in [0.1, 0.15) is 5.75 Å². The number of halogens is 1. The highest BCUT2D eigenvalue weighted by molar-refractivity contribution is 7.96. The third-order valence-electron chi connectivity index (χ3n) is 1.99. The van der Waals surface area contributed by atoms with Crippen LogP contribution in [0.2, 0.25) is 5.02 Å². The maximum absolute atomic E-state index is 10.5. The van der Waals surface area contributed by atoms with Crippen molar-refractivity contribution >= 4 is 29.5 Å². The lowest BCUT2D eigenvalue weighted by Gasteiger charge is -2.07. The van der Waals surface area contributed by atoms with Crippen LogP contribution in [0, 0.1) is 0 Å². The molecule has 1 aromatic rings. The third-order valence-corrected chi connectivity index (χ3v) is 2.44. The summed E-state index contributed by atoms with van der Waals surface area (Å²) in [5.74, 6) is 0.686. The first-order chi connectivity index (χ1) is 7.63. The van der Waals surface area contributed by atoms with Crippen LogP contribution in [-0.2, 0) is 6.42 Å². The molecule has 1 N–H and O–H groups in total. The van der Waals surface area contributed by atoms with E-state index in [4.69, 9.17) is 16.3 Å².